The first-order valence-electron chi connectivity index (χ1n) is 30.7. The van der Waals surface area contributed by atoms with Gasteiger partial charge in [-0.2, -0.15) is 0 Å². The van der Waals surface area contributed by atoms with Crippen molar-refractivity contribution in [2.45, 2.75) is 277 Å². The van der Waals surface area contributed by atoms with Gasteiger partial charge in [-0.05, 0) is 83.5 Å². The van der Waals surface area contributed by atoms with Gasteiger partial charge in [0.05, 0.1) is 34.4 Å². The Morgan fingerprint density at radius 1 is 0.438 bits per heavy atom. The average molecular weight is 1050 g/mol. The molecular formula is C64H119NO7P+. The summed E-state index contributed by atoms with van der Waals surface area (Å²) >= 11 is 0. The molecule has 0 saturated heterocycles. The second-order valence-electron chi connectivity index (χ2n) is 21.7. The third-order valence-corrected chi connectivity index (χ3v) is 14.2. The Balaban J connectivity index is 4.05. The number of likely N-dealkylation sites (N-methyl/N-ethyl adjacent to an activating group) is 1. The molecule has 0 amide bonds. The average Bonchev–Trinajstić information content (AvgIpc) is 3.35. The Bertz CT molecular complexity index is 1400. The summed E-state index contributed by atoms with van der Waals surface area (Å²) in [5.41, 5.74) is 0. The number of hydrogen-bond acceptors (Lipinski definition) is 6. The van der Waals surface area contributed by atoms with E-state index in [1.54, 1.807) is 0 Å². The van der Waals surface area contributed by atoms with Crippen LogP contribution in [0.4, 0.5) is 0 Å². The van der Waals surface area contributed by atoms with Gasteiger partial charge in [-0.15, -0.1) is 0 Å². The zero-order valence-corrected chi connectivity index (χ0v) is 49.5. The van der Waals surface area contributed by atoms with Crippen LogP contribution in [0.5, 0.6) is 0 Å². The maximum Gasteiger partial charge on any atom is 0.472 e. The predicted molar refractivity (Wildman–Crippen MR) is 316 cm³/mol. The minimum atomic E-state index is -4.29. The van der Waals surface area contributed by atoms with Gasteiger partial charge in [0.2, 0.25) is 0 Å². The summed E-state index contributed by atoms with van der Waals surface area (Å²) in [6, 6.07) is 0. The van der Waals surface area contributed by atoms with Gasteiger partial charge in [0.25, 0.3) is 0 Å². The SMILES string of the molecule is CC/C=C\C/C=C\C/C=C\C/C=C\C/C=C\CCCCCCCCCCCCOCC(COP(=O)(O)OCC[N+](C)(C)C)OC(=O)CCCCCCCCCCCCCCC/C=C\CCCCCCCCCC. The lowest BCUT2D eigenvalue weighted by Crippen LogP contribution is -2.37. The van der Waals surface area contributed by atoms with Crippen molar-refractivity contribution >= 4 is 13.8 Å². The molecule has 0 aromatic carbocycles. The van der Waals surface area contributed by atoms with Gasteiger partial charge >= 0.3 is 13.8 Å². The number of carbonyl (C=O) groups excluding carboxylic acids is 1. The number of rotatable bonds is 57. The molecule has 2 unspecified atom stereocenters. The van der Waals surface area contributed by atoms with Crippen molar-refractivity contribution in [1.82, 2.24) is 0 Å². The molecule has 0 heterocycles. The number of allylic oxidation sites excluding steroid dienone is 12. The minimum Gasteiger partial charge on any atom is -0.457 e. The molecule has 0 radical (unpaired) electrons. The molecule has 0 aliphatic heterocycles. The molecular weight excluding hydrogens is 926 g/mol. The number of esters is 1. The minimum absolute atomic E-state index is 0.0859. The number of phosphoric acid groups is 1. The quantitative estimate of drug-likeness (QED) is 0.0213. The van der Waals surface area contributed by atoms with E-state index in [0.29, 0.717) is 24.1 Å². The van der Waals surface area contributed by atoms with Gasteiger partial charge in [-0.1, -0.05) is 254 Å². The third kappa shape index (κ3) is 60.7. The standard InChI is InChI=1S/C64H118NO7P/c1-6-8-10-12-14-16-18-20-22-24-26-28-30-32-34-36-38-40-42-44-46-48-50-52-54-56-59-69-61-63(62-71-73(67,68)70-60-58-65(3,4)5)72-64(66)57-55-53-51-49-47-45-43-41-39-37-35-33-31-29-27-25-23-21-19-17-15-13-11-9-7-2/h8,10,14,16,20,22,25-28,32,34,63H,6-7,9,11-13,15,17-19,21,23-24,29-31,33,35-62H2,1-5H3/p+1/b10-8-,16-14-,22-20-,27-25-,28-26-,34-32-. The van der Waals surface area contributed by atoms with E-state index < -0.39 is 13.9 Å². The number of unbranched alkanes of at least 4 members (excludes halogenated alkanes) is 31. The summed E-state index contributed by atoms with van der Waals surface area (Å²) < 4.78 is 35.3. The number of phosphoric ester groups is 1. The van der Waals surface area contributed by atoms with Crippen molar-refractivity contribution < 1.29 is 37.3 Å². The van der Waals surface area contributed by atoms with Crippen LogP contribution in [-0.2, 0) is 27.9 Å². The predicted octanol–water partition coefficient (Wildman–Crippen LogP) is 19.7. The van der Waals surface area contributed by atoms with Crippen molar-refractivity contribution in [2.24, 2.45) is 0 Å². The molecule has 426 valence electrons. The normalized spacial score (nSPS) is 13.9. The van der Waals surface area contributed by atoms with E-state index in [4.69, 9.17) is 18.5 Å². The van der Waals surface area contributed by atoms with Gasteiger partial charge in [-0.3, -0.25) is 13.8 Å². The lowest BCUT2D eigenvalue weighted by atomic mass is 10.0. The van der Waals surface area contributed by atoms with E-state index in [2.05, 4.69) is 86.8 Å². The van der Waals surface area contributed by atoms with E-state index in [1.807, 2.05) is 21.1 Å². The van der Waals surface area contributed by atoms with Crippen LogP contribution in [0.3, 0.4) is 0 Å². The molecule has 73 heavy (non-hydrogen) atoms. The van der Waals surface area contributed by atoms with Crippen LogP contribution in [0.25, 0.3) is 0 Å². The van der Waals surface area contributed by atoms with Crippen LogP contribution < -0.4 is 0 Å². The maximum absolute atomic E-state index is 12.8. The van der Waals surface area contributed by atoms with Gasteiger partial charge in [-0.25, -0.2) is 4.57 Å². The topological polar surface area (TPSA) is 91.3 Å². The fraction of sp³-hybridized carbons (Fsp3) is 0.797. The zero-order valence-electron chi connectivity index (χ0n) is 48.6. The molecule has 0 spiro atoms. The molecule has 0 rings (SSSR count). The largest absolute Gasteiger partial charge is 0.472 e. The number of nitrogens with zero attached hydrogens (tertiary/aromatic N) is 1. The van der Waals surface area contributed by atoms with Crippen molar-refractivity contribution in [3.63, 3.8) is 0 Å². The highest BCUT2D eigenvalue weighted by Crippen LogP contribution is 2.43. The molecule has 0 aliphatic carbocycles. The Kier molecular flexibility index (Phi) is 54.6. The molecule has 0 saturated carbocycles. The van der Waals surface area contributed by atoms with E-state index in [-0.39, 0.29) is 25.8 Å². The monoisotopic (exact) mass is 1040 g/mol. The van der Waals surface area contributed by atoms with Gasteiger partial charge in [0.15, 0.2) is 0 Å². The summed E-state index contributed by atoms with van der Waals surface area (Å²) in [7, 11) is 1.67. The van der Waals surface area contributed by atoms with Gasteiger partial charge < -0.3 is 18.9 Å². The number of hydrogen-bond donors (Lipinski definition) is 1. The molecule has 8 nitrogen and oxygen atoms in total. The molecule has 0 aliphatic rings. The smallest absolute Gasteiger partial charge is 0.457 e. The van der Waals surface area contributed by atoms with Gasteiger partial charge in [0.1, 0.15) is 19.3 Å². The molecule has 0 aromatic heterocycles. The molecule has 9 heteroatoms. The first-order chi connectivity index (χ1) is 35.6. The van der Waals surface area contributed by atoms with E-state index in [1.165, 1.54) is 186 Å². The fourth-order valence-electron chi connectivity index (χ4n) is 8.58. The molecule has 0 aromatic rings. The van der Waals surface area contributed by atoms with Crippen molar-refractivity contribution in [3.05, 3.63) is 72.9 Å². The molecule has 0 fully saturated rings. The summed E-state index contributed by atoms with van der Waals surface area (Å²) in [5.74, 6) is -0.313. The Morgan fingerprint density at radius 3 is 1.21 bits per heavy atom. The second-order valence-corrected chi connectivity index (χ2v) is 23.2. The van der Waals surface area contributed by atoms with E-state index >= 15 is 0 Å². The number of ether oxygens (including phenoxy) is 2. The van der Waals surface area contributed by atoms with Crippen LogP contribution in [0, 0.1) is 0 Å². The van der Waals surface area contributed by atoms with Crippen molar-refractivity contribution in [3.8, 4) is 0 Å². The lowest BCUT2D eigenvalue weighted by Gasteiger charge is -2.24. The van der Waals surface area contributed by atoms with E-state index in [0.717, 1.165) is 64.2 Å². The number of quaternary nitrogens is 1. The lowest BCUT2D eigenvalue weighted by molar-refractivity contribution is -0.870. The third-order valence-electron chi connectivity index (χ3n) is 13.3. The second kappa shape index (κ2) is 56.2. The maximum atomic E-state index is 12.8. The van der Waals surface area contributed by atoms with E-state index in [9.17, 15) is 14.3 Å². The summed E-state index contributed by atoms with van der Waals surface area (Å²) in [4.78, 5) is 23.1. The molecule has 2 atom stereocenters. The molecule has 0 bridgehead atoms. The van der Waals surface area contributed by atoms with Crippen LogP contribution in [0.15, 0.2) is 72.9 Å². The Morgan fingerprint density at radius 2 is 0.795 bits per heavy atom. The van der Waals surface area contributed by atoms with Crippen LogP contribution in [-0.4, -0.2) is 75.6 Å². The summed E-state index contributed by atoms with van der Waals surface area (Å²) in [5, 5.41) is 0. The molecule has 1 N–H and O–H groups in total. The zero-order chi connectivity index (χ0) is 53.3. The van der Waals surface area contributed by atoms with Crippen LogP contribution >= 0.6 is 7.82 Å². The van der Waals surface area contributed by atoms with Crippen molar-refractivity contribution in [1.29, 1.82) is 0 Å². The summed E-state index contributed by atoms with van der Waals surface area (Å²) in [6.07, 6.45) is 75.5. The Hall–Kier alpha value is -2.06. The van der Waals surface area contributed by atoms with Crippen molar-refractivity contribution in [2.75, 3.05) is 54.1 Å². The van der Waals surface area contributed by atoms with Crippen LogP contribution in [0.1, 0.15) is 271 Å². The highest BCUT2D eigenvalue weighted by Gasteiger charge is 2.26. The number of carbonyl (C=O) groups is 1. The Labute approximate surface area is 453 Å². The highest BCUT2D eigenvalue weighted by molar-refractivity contribution is 7.47. The summed E-state index contributed by atoms with van der Waals surface area (Å²) in [6.45, 7) is 5.53. The first kappa shape index (κ1) is 70.9. The highest BCUT2D eigenvalue weighted by atomic mass is 31.2. The van der Waals surface area contributed by atoms with Gasteiger partial charge in [0, 0.05) is 13.0 Å². The first-order valence-corrected chi connectivity index (χ1v) is 32.2. The van der Waals surface area contributed by atoms with Crippen LogP contribution in [0.2, 0.25) is 0 Å². The fourth-order valence-corrected chi connectivity index (χ4v) is 9.32.